The van der Waals surface area contributed by atoms with Crippen LogP contribution in [-0.2, 0) is 0 Å². The maximum Gasteiger partial charge on any atom is 0.337 e. The van der Waals surface area contributed by atoms with Gasteiger partial charge in [-0.15, -0.1) is 0 Å². The Morgan fingerprint density at radius 3 is 2.43 bits per heavy atom. The maximum absolute atomic E-state index is 11.3. The molecule has 0 aliphatic rings. The average Bonchev–Trinajstić information content (AvgIpc) is 2.46. The summed E-state index contributed by atoms with van der Waals surface area (Å²) in [7, 11) is 0. The fraction of sp³-hybridized carbons (Fsp3) is 0.333. The van der Waals surface area contributed by atoms with E-state index in [-0.39, 0.29) is 17.6 Å². The summed E-state index contributed by atoms with van der Waals surface area (Å²) in [4.78, 5) is 15.9. The molecule has 0 aliphatic carbocycles. The Morgan fingerprint density at radius 1 is 1.17 bits per heavy atom. The van der Waals surface area contributed by atoms with Gasteiger partial charge in [-0.2, -0.15) is 0 Å². The highest BCUT2D eigenvalue weighted by atomic mass is 35.5. The molecule has 2 aromatic rings. The second-order valence-corrected chi connectivity index (χ2v) is 6.33. The number of carboxylic acids is 1. The van der Waals surface area contributed by atoms with Crippen LogP contribution in [0.15, 0.2) is 30.3 Å². The van der Waals surface area contributed by atoms with Crippen molar-refractivity contribution < 1.29 is 14.6 Å². The number of aromatic carboxylic acids is 1. The third kappa shape index (κ3) is 4.02. The van der Waals surface area contributed by atoms with Crippen LogP contribution in [0.25, 0.3) is 11.3 Å². The minimum Gasteiger partial charge on any atom is -0.490 e. The number of halogens is 1. The predicted molar refractivity (Wildman–Crippen MR) is 91.5 cm³/mol. The number of nitrogens with zero attached hydrogens (tertiary/aromatic N) is 1. The number of ether oxygens (including phenoxy) is 1. The summed E-state index contributed by atoms with van der Waals surface area (Å²) in [5.41, 5.74) is 2.25. The molecule has 0 fully saturated rings. The molecule has 0 spiro atoms. The lowest BCUT2D eigenvalue weighted by Gasteiger charge is -2.16. The van der Waals surface area contributed by atoms with Crippen LogP contribution in [-0.4, -0.2) is 22.2 Å². The number of pyridine rings is 1. The van der Waals surface area contributed by atoms with E-state index in [0.717, 1.165) is 5.56 Å². The summed E-state index contributed by atoms with van der Waals surface area (Å²) in [6.07, 6.45) is -0.00456. The lowest BCUT2D eigenvalue weighted by Crippen LogP contribution is -2.09. The molecular weight excluding hydrogens is 314 g/mol. The first-order chi connectivity index (χ1) is 10.8. The summed E-state index contributed by atoms with van der Waals surface area (Å²) >= 11 is 6.06. The van der Waals surface area contributed by atoms with Gasteiger partial charge in [0.05, 0.1) is 23.1 Å². The highest BCUT2D eigenvalue weighted by Crippen LogP contribution is 2.33. The molecule has 0 amide bonds. The summed E-state index contributed by atoms with van der Waals surface area (Å²) < 4.78 is 5.82. The molecule has 2 rings (SSSR count). The Morgan fingerprint density at radius 2 is 1.87 bits per heavy atom. The summed E-state index contributed by atoms with van der Waals surface area (Å²) in [6, 6.07) is 8.65. The van der Waals surface area contributed by atoms with Gasteiger partial charge in [0.15, 0.2) is 0 Å². The first-order valence-corrected chi connectivity index (χ1v) is 7.88. The zero-order valence-electron chi connectivity index (χ0n) is 13.6. The molecule has 23 heavy (non-hydrogen) atoms. The number of rotatable bonds is 5. The highest BCUT2D eigenvalue weighted by Gasteiger charge is 2.17. The standard InChI is InChI=1S/C18H20ClNO3/c1-10(2)17-14(18(21)22)7-8-15(20-17)13-6-5-12(19)9-16(13)23-11(3)4/h5-11H,1-4H3,(H,21,22). The molecule has 122 valence electrons. The zero-order valence-corrected chi connectivity index (χ0v) is 14.4. The van der Waals surface area contributed by atoms with Gasteiger partial charge in [-0.1, -0.05) is 25.4 Å². The largest absolute Gasteiger partial charge is 0.490 e. The summed E-state index contributed by atoms with van der Waals surface area (Å²) in [5, 5.41) is 9.88. The lowest BCUT2D eigenvalue weighted by atomic mass is 10.0. The lowest BCUT2D eigenvalue weighted by molar-refractivity contribution is 0.0694. The molecule has 1 aromatic carbocycles. The van der Waals surface area contributed by atoms with Crippen molar-refractivity contribution in [2.24, 2.45) is 0 Å². The van der Waals surface area contributed by atoms with E-state index in [9.17, 15) is 9.90 Å². The normalized spacial score (nSPS) is 11.1. The first kappa shape index (κ1) is 17.3. The van der Waals surface area contributed by atoms with E-state index in [1.165, 1.54) is 0 Å². The van der Waals surface area contributed by atoms with E-state index < -0.39 is 5.97 Å². The van der Waals surface area contributed by atoms with Gasteiger partial charge in [0.2, 0.25) is 0 Å². The smallest absolute Gasteiger partial charge is 0.337 e. The van der Waals surface area contributed by atoms with Crippen LogP contribution < -0.4 is 4.74 Å². The van der Waals surface area contributed by atoms with Crippen LogP contribution in [0, 0.1) is 0 Å². The van der Waals surface area contributed by atoms with Crippen LogP contribution in [0.1, 0.15) is 49.7 Å². The molecule has 1 N–H and O–H groups in total. The molecule has 0 aliphatic heterocycles. The zero-order chi connectivity index (χ0) is 17.1. The van der Waals surface area contributed by atoms with Gasteiger partial charge in [0, 0.05) is 10.6 Å². The number of benzene rings is 1. The first-order valence-electron chi connectivity index (χ1n) is 7.50. The highest BCUT2D eigenvalue weighted by molar-refractivity contribution is 6.30. The third-order valence-electron chi connectivity index (χ3n) is 3.28. The number of carboxylic acid groups (broad SMARTS) is 1. The molecule has 0 unspecified atom stereocenters. The molecule has 0 atom stereocenters. The number of hydrogen-bond donors (Lipinski definition) is 1. The van der Waals surface area contributed by atoms with E-state index in [0.29, 0.717) is 22.2 Å². The topological polar surface area (TPSA) is 59.4 Å². The Hall–Kier alpha value is -2.07. The maximum atomic E-state index is 11.3. The van der Waals surface area contributed by atoms with E-state index in [1.54, 1.807) is 24.3 Å². The van der Waals surface area contributed by atoms with Gasteiger partial charge in [0.25, 0.3) is 0 Å². The molecule has 4 nitrogen and oxygen atoms in total. The molecule has 5 heteroatoms. The Labute approximate surface area is 141 Å². The van der Waals surface area contributed by atoms with Crippen molar-refractivity contribution in [3.63, 3.8) is 0 Å². The monoisotopic (exact) mass is 333 g/mol. The number of aromatic nitrogens is 1. The second kappa shape index (κ2) is 7.01. The summed E-state index contributed by atoms with van der Waals surface area (Å²) in [6.45, 7) is 7.72. The van der Waals surface area contributed by atoms with Gasteiger partial charge < -0.3 is 9.84 Å². The van der Waals surface area contributed by atoms with Gasteiger partial charge in [-0.3, -0.25) is 4.98 Å². The Kier molecular flexibility index (Phi) is 5.26. The van der Waals surface area contributed by atoms with E-state index in [2.05, 4.69) is 4.98 Å². The fourth-order valence-electron chi connectivity index (χ4n) is 2.31. The van der Waals surface area contributed by atoms with Crippen molar-refractivity contribution in [1.82, 2.24) is 4.98 Å². The Balaban J connectivity index is 2.58. The van der Waals surface area contributed by atoms with Crippen molar-refractivity contribution in [3.8, 4) is 17.0 Å². The van der Waals surface area contributed by atoms with Crippen molar-refractivity contribution in [1.29, 1.82) is 0 Å². The van der Waals surface area contributed by atoms with Crippen LogP contribution in [0.3, 0.4) is 0 Å². The van der Waals surface area contributed by atoms with Crippen molar-refractivity contribution in [2.45, 2.75) is 39.7 Å². The molecule has 0 saturated heterocycles. The van der Waals surface area contributed by atoms with Gasteiger partial charge in [-0.25, -0.2) is 4.79 Å². The van der Waals surface area contributed by atoms with E-state index in [4.69, 9.17) is 16.3 Å². The van der Waals surface area contributed by atoms with Crippen molar-refractivity contribution >= 4 is 17.6 Å². The predicted octanol–water partition coefficient (Wildman–Crippen LogP) is 5.01. The van der Waals surface area contributed by atoms with Crippen LogP contribution in [0.4, 0.5) is 0 Å². The van der Waals surface area contributed by atoms with Crippen LogP contribution in [0.2, 0.25) is 5.02 Å². The van der Waals surface area contributed by atoms with Gasteiger partial charge in [0.1, 0.15) is 5.75 Å². The van der Waals surface area contributed by atoms with E-state index in [1.807, 2.05) is 33.8 Å². The number of hydrogen-bond acceptors (Lipinski definition) is 3. The van der Waals surface area contributed by atoms with Crippen molar-refractivity contribution in [3.05, 3.63) is 46.6 Å². The van der Waals surface area contributed by atoms with Crippen molar-refractivity contribution in [2.75, 3.05) is 0 Å². The van der Waals surface area contributed by atoms with E-state index >= 15 is 0 Å². The minimum atomic E-state index is -0.970. The molecule has 0 saturated carbocycles. The average molecular weight is 334 g/mol. The molecular formula is C18H20ClNO3. The Bertz CT molecular complexity index is 726. The SMILES string of the molecule is CC(C)Oc1cc(Cl)ccc1-c1ccc(C(=O)O)c(C(C)C)n1. The van der Waals surface area contributed by atoms with Gasteiger partial charge in [-0.05, 0) is 50.1 Å². The van der Waals surface area contributed by atoms with Crippen LogP contribution >= 0.6 is 11.6 Å². The molecule has 0 radical (unpaired) electrons. The second-order valence-electron chi connectivity index (χ2n) is 5.90. The summed E-state index contributed by atoms with van der Waals surface area (Å²) in [5.74, 6) is -0.330. The molecule has 1 heterocycles. The number of carbonyl (C=O) groups is 1. The van der Waals surface area contributed by atoms with Gasteiger partial charge >= 0.3 is 5.97 Å². The molecule has 1 aromatic heterocycles. The quantitative estimate of drug-likeness (QED) is 0.835. The fourth-order valence-corrected chi connectivity index (χ4v) is 2.47. The molecule has 0 bridgehead atoms. The van der Waals surface area contributed by atoms with Crippen LogP contribution in [0.5, 0.6) is 5.75 Å². The third-order valence-corrected chi connectivity index (χ3v) is 3.52. The minimum absolute atomic E-state index is 0.00261.